The van der Waals surface area contributed by atoms with E-state index in [1.54, 1.807) is 6.92 Å². The number of hydrogen-bond donors (Lipinski definition) is 0. The summed E-state index contributed by atoms with van der Waals surface area (Å²) in [6.45, 7) is 1.84. The Labute approximate surface area is 102 Å². The minimum atomic E-state index is -4.54. The number of aromatic nitrogens is 1. The molecule has 7 heteroatoms. The van der Waals surface area contributed by atoms with Gasteiger partial charge in [-0.05, 0) is 19.1 Å². The van der Waals surface area contributed by atoms with E-state index in [1.807, 2.05) is 0 Å². The summed E-state index contributed by atoms with van der Waals surface area (Å²) in [5, 5.41) is 0. The largest absolute Gasteiger partial charge is 0.481 e. The van der Waals surface area contributed by atoms with Crippen molar-refractivity contribution < 1.29 is 27.4 Å². The van der Waals surface area contributed by atoms with Gasteiger partial charge in [0.2, 0.25) is 5.88 Å². The van der Waals surface area contributed by atoms with Crippen LogP contribution in [0.25, 0.3) is 0 Å². The maximum atomic E-state index is 12.5. The van der Waals surface area contributed by atoms with E-state index in [-0.39, 0.29) is 18.7 Å². The second-order valence-corrected chi connectivity index (χ2v) is 3.34. The third kappa shape index (κ3) is 3.61. The molecule has 0 bridgehead atoms. The lowest BCUT2D eigenvalue weighted by atomic mass is 10.2. The van der Waals surface area contributed by atoms with E-state index in [4.69, 9.17) is 0 Å². The highest BCUT2D eigenvalue weighted by Gasteiger charge is 2.35. The molecule has 1 aromatic heterocycles. The number of rotatable bonds is 4. The van der Waals surface area contributed by atoms with Gasteiger partial charge in [0.25, 0.3) is 0 Å². The van der Waals surface area contributed by atoms with Crippen LogP contribution in [0.15, 0.2) is 12.1 Å². The minimum Gasteiger partial charge on any atom is -0.481 e. The van der Waals surface area contributed by atoms with Gasteiger partial charge in [0, 0.05) is 0 Å². The van der Waals surface area contributed by atoms with Crippen molar-refractivity contribution in [3.8, 4) is 5.88 Å². The Kier molecular flexibility index (Phi) is 4.52. The van der Waals surface area contributed by atoms with Crippen molar-refractivity contribution in [1.82, 2.24) is 4.98 Å². The molecule has 0 aromatic carbocycles. The standard InChI is InChI=1S/C11H12F3NO3/c1-3-18-9(16)6-7-4-5-8(11(12,13)14)10(15-7)17-2/h4-5H,3,6H2,1-2H3. The molecule has 0 N–H and O–H groups in total. The quantitative estimate of drug-likeness (QED) is 0.781. The molecule has 0 amide bonds. The highest BCUT2D eigenvalue weighted by Crippen LogP contribution is 2.34. The molecular formula is C11H12F3NO3. The number of nitrogens with zero attached hydrogens (tertiary/aromatic N) is 1. The van der Waals surface area contributed by atoms with Crippen LogP contribution in [0.5, 0.6) is 5.88 Å². The van der Waals surface area contributed by atoms with Crippen LogP contribution in [0.1, 0.15) is 18.2 Å². The highest BCUT2D eigenvalue weighted by molar-refractivity contribution is 5.72. The predicted octanol–water partition coefficient (Wildman–Crippen LogP) is 2.21. The maximum Gasteiger partial charge on any atom is 0.421 e. The Bertz CT molecular complexity index is 432. The molecule has 0 fully saturated rings. The van der Waals surface area contributed by atoms with Crippen molar-refractivity contribution >= 4 is 5.97 Å². The number of pyridine rings is 1. The molecule has 0 aliphatic carbocycles. The van der Waals surface area contributed by atoms with Gasteiger partial charge in [-0.3, -0.25) is 4.79 Å². The second kappa shape index (κ2) is 5.70. The Morgan fingerprint density at radius 2 is 2.06 bits per heavy atom. The van der Waals surface area contributed by atoms with E-state index < -0.39 is 23.6 Å². The van der Waals surface area contributed by atoms with Crippen molar-refractivity contribution in [3.63, 3.8) is 0 Å². The molecule has 100 valence electrons. The number of esters is 1. The summed E-state index contributed by atoms with van der Waals surface area (Å²) < 4.78 is 46.9. The molecule has 0 radical (unpaired) electrons. The molecule has 0 unspecified atom stereocenters. The highest BCUT2D eigenvalue weighted by atomic mass is 19.4. The first kappa shape index (κ1) is 14.3. The van der Waals surface area contributed by atoms with Gasteiger partial charge in [-0.2, -0.15) is 13.2 Å². The number of halogens is 3. The van der Waals surface area contributed by atoms with Crippen LogP contribution < -0.4 is 4.74 Å². The van der Waals surface area contributed by atoms with Gasteiger partial charge < -0.3 is 9.47 Å². The lowest BCUT2D eigenvalue weighted by Gasteiger charge is -2.11. The maximum absolute atomic E-state index is 12.5. The van der Waals surface area contributed by atoms with Gasteiger partial charge in [0.1, 0.15) is 5.56 Å². The van der Waals surface area contributed by atoms with Crippen LogP contribution >= 0.6 is 0 Å². The number of alkyl halides is 3. The molecule has 0 atom stereocenters. The fourth-order valence-corrected chi connectivity index (χ4v) is 1.31. The predicted molar refractivity (Wildman–Crippen MR) is 56.1 cm³/mol. The van der Waals surface area contributed by atoms with Gasteiger partial charge in [-0.15, -0.1) is 0 Å². The molecule has 0 saturated heterocycles. The van der Waals surface area contributed by atoms with Crippen molar-refractivity contribution in [2.45, 2.75) is 19.5 Å². The van der Waals surface area contributed by atoms with Crippen LogP contribution in [-0.2, 0) is 22.1 Å². The molecule has 0 aliphatic heterocycles. The van der Waals surface area contributed by atoms with E-state index in [9.17, 15) is 18.0 Å². The summed E-state index contributed by atoms with van der Waals surface area (Å²) in [5.74, 6) is -1.10. The average molecular weight is 263 g/mol. The van der Waals surface area contributed by atoms with E-state index in [1.165, 1.54) is 0 Å². The zero-order valence-electron chi connectivity index (χ0n) is 9.87. The van der Waals surface area contributed by atoms with Crippen LogP contribution in [0, 0.1) is 0 Å². The van der Waals surface area contributed by atoms with Crippen molar-refractivity contribution in [2.24, 2.45) is 0 Å². The van der Waals surface area contributed by atoms with Crippen LogP contribution in [0.2, 0.25) is 0 Å². The zero-order valence-corrected chi connectivity index (χ0v) is 9.87. The van der Waals surface area contributed by atoms with Gasteiger partial charge in [-0.1, -0.05) is 0 Å². The fourth-order valence-electron chi connectivity index (χ4n) is 1.31. The van der Waals surface area contributed by atoms with E-state index >= 15 is 0 Å². The Hall–Kier alpha value is -1.79. The summed E-state index contributed by atoms with van der Waals surface area (Å²) in [7, 11) is 1.09. The van der Waals surface area contributed by atoms with Crippen LogP contribution in [0.3, 0.4) is 0 Å². The van der Waals surface area contributed by atoms with Crippen molar-refractivity contribution in [2.75, 3.05) is 13.7 Å². The van der Waals surface area contributed by atoms with Crippen molar-refractivity contribution in [3.05, 3.63) is 23.4 Å². The fraction of sp³-hybridized carbons (Fsp3) is 0.455. The molecule has 0 spiro atoms. The molecule has 1 heterocycles. The third-order valence-corrected chi connectivity index (χ3v) is 2.05. The van der Waals surface area contributed by atoms with Gasteiger partial charge in [0.15, 0.2) is 0 Å². The first-order chi connectivity index (χ1) is 8.38. The molecule has 0 aliphatic rings. The number of hydrogen-bond acceptors (Lipinski definition) is 4. The third-order valence-electron chi connectivity index (χ3n) is 2.05. The summed E-state index contributed by atoms with van der Waals surface area (Å²) in [5.41, 5.74) is -0.809. The minimum absolute atomic E-state index is 0.165. The van der Waals surface area contributed by atoms with E-state index in [0.717, 1.165) is 19.2 Å². The Morgan fingerprint density at radius 1 is 1.39 bits per heavy atom. The van der Waals surface area contributed by atoms with Gasteiger partial charge in [0.05, 0.1) is 25.8 Å². The number of carbonyl (C=O) groups excluding carboxylic acids is 1. The second-order valence-electron chi connectivity index (χ2n) is 3.34. The normalized spacial score (nSPS) is 11.2. The van der Waals surface area contributed by atoms with Gasteiger partial charge in [-0.25, -0.2) is 4.98 Å². The molecule has 1 aromatic rings. The van der Waals surface area contributed by atoms with Crippen LogP contribution in [-0.4, -0.2) is 24.7 Å². The number of ether oxygens (including phenoxy) is 2. The number of carbonyl (C=O) groups is 1. The van der Waals surface area contributed by atoms with Gasteiger partial charge >= 0.3 is 12.1 Å². The molecule has 0 saturated carbocycles. The first-order valence-corrected chi connectivity index (χ1v) is 5.15. The summed E-state index contributed by atoms with van der Waals surface area (Å²) >= 11 is 0. The Balaban J connectivity index is 2.96. The lowest BCUT2D eigenvalue weighted by Crippen LogP contribution is -2.12. The summed E-state index contributed by atoms with van der Waals surface area (Å²) in [6.07, 6.45) is -4.73. The lowest BCUT2D eigenvalue weighted by molar-refractivity contribution is -0.142. The van der Waals surface area contributed by atoms with Crippen LogP contribution in [0.4, 0.5) is 13.2 Å². The Morgan fingerprint density at radius 3 is 2.56 bits per heavy atom. The monoisotopic (exact) mass is 263 g/mol. The van der Waals surface area contributed by atoms with Crippen molar-refractivity contribution in [1.29, 1.82) is 0 Å². The van der Waals surface area contributed by atoms with E-state index in [0.29, 0.717) is 0 Å². The molecular weight excluding hydrogens is 251 g/mol. The molecule has 4 nitrogen and oxygen atoms in total. The SMILES string of the molecule is CCOC(=O)Cc1ccc(C(F)(F)F)c(OC)n1. The van der Waals surface area contributed by atoms with E-state index in [2.05, 4.69) is 14.5 Å². The first-order valence-electron chi connectivity index (χ1n) is 5.15. The average Bonchev–Trinajstić information content (AvgIpc) is 2.27. The topological polar surface area (TPSA) is 48.4 Å². The smallest absolute Gasteiger partial charge is 0.421 e. The molecule has 1 rings (SSSR count). The summed E-state index contributed by atoms with van der Waals surface area (Å²) in [4.78, 5) is 14.8. The molecule has 18 heavy (non-hydrogen) atoms. The summed E-state index contributed by atoms with van der Waals surface area (Å²) in [6, 6.07) is 1.96. The zero-order chi connectivity index (χ0) is 13.8. The number of methoxy groups -OCH3 is 1.